The second-order valence-corrected chi connectivity index (χ2v) is 6.30. The summed E-state index contributed by atoms with van der Waals surface area (Å²) in [6.45, 7) is 1.91. The topological polar surface area (TPSA) is 63.5 Å². The number of benzene rings is 2. The zero-order chi connectivity index (χ0) is 18.2. The van der Waals surface area contributed by atoms with Gasteiger partial charge in [0.05, 0.1) is 19.8 Å². The minimum Gasteiger partial charge on any atom is -0.493 e. The van der Waals surface area contributed by atoms with Crippen molar-refractivity contribution in [1.82, 2.24) is 5.32 Å². The van der Waals surface area contributed by atoms with E-state index >= 15 is 0 Å². The number of nitrogens with one attached hydrogen (secondary N) is 1. The zero-order valence-electron chi connectivity index (χ0n) is 15.0. The van der Waals surface area contributed by atoms with Crippen molar-refractivity contribution >= 4 is 0 Å². The monoisotopic (exact) mass is 352 g/mol. The van der Waals surface area contributed by atoms with Crippen LogP contribution >= 0.6 is 0 Å². The molecule has 1 N–H and O–H groups in total. The summed E-state index contributed by atoms with van der Waals surface area (Å²) in [6.07, 6.45) is 2.16. The van der Waals surface area contributed by atoms with Crippen LogP contribution in [0.3, 0.4) is 0 Å². The lowest BCUT2D eigenvalue weighted by Gasteiger charge is -2.26. The molecule has 1 heterocycles. The van der Waals surface area contributed by atoms with E-state index < -0.39 is 0 Å². The normalized spacial score (nSPS) is 15.5. The molecule has 2 aromatic rings. The smallest absolute Gasteiger partial charge is 0.161 e. The molecule has 1 aliphatic rings. The van der Waals surface area contributed by atoms with Crippen molar-refractivity contribution in [3.8, 4) is 23.3 Å². The Hall–Kier alpha value is -2.71. The summed E-state index contributed by atoms with van der Waals surface area (Å²) >= 11 is 0. The van der Waals surface area contributed by atoms with Crippen molar-refractivity contribution in [2.24, 2.45) is 0 Å². The molecule has 26 heavy (non-hydrogen) atoms. The van der Waals surface area contributed by atoms with Gasteiger partial charge in [0.2, 0.25) is 0 Å². The fourth-order valence-electron chi connectivity index (χ4n) is 3.00. The van der Waals surface area contributed by atoms with Gasteiger partial charge >= 0.3 is 0 Å². The number of ether oxygens (including phenoxy) is 3. The molecule has 0 aliphatic carbocycles. The number of fused-ring (bicyclic) bond motifs is 1. The molecule has 0 bridgehead atoms. The molecule has 0 spiro atoms. The van der Waals surface area contributed by atoms with Gasteiger partial charge in [0.25, 0.3) is 0 Å². The first-order valence-corrected chi connectivity index (χ1v) is 8.91. The molecule has 0 aromatic heterocycles. The van der Waals surface area contributed by atoms with Crippen molar-refractivity contribution in [3.05, 3.63) is 53.6 Å². The van der Waals surface area contributed by atoms with Crippen molar-refractivity contribution < 1.29 is 14.2 Å². The average molecular weight is 352 g/mol. The SMILES string of the molecule is COc1ccc(CNC2COc3ccccc3C2)cc1OCCCC#N. The van der Waals surface area contributed by atoms with E-state index in [9.17, 15) is 0 Å². The van der Waals surface area contributed by atoms with E-state index in [1.807, 2.05) is 36.4 Å². The van der Waals surface area contributed by atoms with Gasteiger partial charge in [-0.15, -0.1) is 0 Å². The number of hydrogen-bond donors (Lipinski definition) is 1. The lowest BCUT2D eigenvalue weighted by Crippen LogP contribution is -2.38. The van der Waals surface area contributed by atoms with Crippen molar-refractivity contribution in [2.45, 2.75) is 31.8 Å². The highest BCUT2D eigenvalue weighted by Gasteiger charge is 2.19. The molecule has 1 aliphatic heterocycles. The van der Waals surface area contributed by atoms with Gasteiger partial charge in [-0.3, -0.25) is 0 Å². The molecule has 0 fully saturated rings. The summed E-state index contributed by atoms with van der Waals surface area (Å²) in [5.74, 6) is 2.42. The lowest BCUT2D eigenvalue weighted by atomic mass is 10.0. The van der Waals surface area contributed by atoms with E-state index in [1.165, 1.54) is 5.56 Å². The Bertz CT molecular complexity index is 770. The van der Waals surface area contributed by atoms with Gasteiger partial charge < -0.3 is 19.5 Å². The maximum absolute atomic E-state index is 8.61. The number of hydrogen-bond acceptors (Lipinski definition) is 5. The van der Waals surface area contributed by atoms with E-state index in [2.05, 4.69) is 17.5 Å². The van der Waals surface area contributed by atoms with Crippen molar-refractivity contribution in [3.63, 3.8) is 0 Å². The Morgan fingerprint density at radius 3 is 2.96 bits per heavy atom. The van der Waals surface area contributed by atoms with Crippen LogP contribution in [0.4, 0.5) is 0 Å². The fraction of sp³-hybridized carbons (Fsp3) is 0.381. The quantitative estimate of drug-likeness (QED) is 0.737. The first kappa shape index (κ1) is 18.1. The van der Waals surface area contributed by atoms with Crippen molar-refractivity contribution in [2.75, 3.05) is 20.3 Å². The Morgan fingerprint density at radius 1 is 1.23 bits per heavy atom. The Kier molecular flexibility index (Phi) is 6.34. The molecule has 1 atom stereocenters. The number of nitrogens with zero attached hydrogens (tertiary/aromatic N) is 1. The minimum absolute atomic E-state index is 0.284. The standard InChI is InChI=1S/C21H24N2O3/c1-24-20-9-8-16(12-21(20)25-11-5-4-10-22)14-23-18-13-17-6-2-3-7-19(17)26-15-18/h2-3,6-9,12,18,23H,4-5,11,13-15H2,1H3. The summed E-state index contributed by atoms with van der Waals surface area (Å²) in [4.78, 5) is 0. The molecule has 5 heteroatoms. The van der Waals surface area contributed by atoms with Crippen LogP contribution < -0.4 is 19.5 Å². The summed E-state index contributed by atoms with van der Waals surface area (Å²) in [5.41, 5.74) is 2.37. The molecule has 1 unspecified atom stereocenters. The second-order valence-electron chi connectivity index (χ2n) is 6.30. The van der Waals surface area contributed by atoms with Gasteiger partial charge in [-0.05, 0) is 42.2 Å². The first-order valence-electron chi connectivity index (χ1n) is 8.91. The van der Waals surface area contributed by atoms with E-state index in [1.54, 1.807) is 7.11 Å². The van der Waals surface area contributed by atoms with Gasteiger partial charge in [0.15, 0.2) is 11.5 Å². The van der Waals surface area contributed by atoms with Crippen LogP contribution in [0, 0.1) is 11.3 Å². The molecule has 136 valence electrons. The average Bonchev–Trinajstić information content (AvgIpc) is 2.69. The molecule has 2 aromatic carbocycles. The third-order valence-corrected chi connectivity index (χ3v) is 4.39. The summed E-state index contributed by atoms with van der Waals surface area (Å²) < 4.78 is 17.0. The Balaban J connectivity index is 1.57. The van der Waals surface area contributed by atoms with E-state index in [0.717, 1.165) is 30.0 Å². The highest BCUT2D eigenvalue weighted by molar-refractivity contribution is 5.43. The molecular formula is C21H24N2O3. The van der Waals surface area contributed by atoms with E-state index in [-0.39, 0.29) is 6.04 Å². The van der Waals surface area contributed by atoms with Gasteiger partial charge in [0, 0.05) is 19.0 Å². The Labute approximate surface area is 154 Å². The summed E-state index contributed by atoms with van der Waals surface area (Å²) in [5, 5.41) is 12.2. The van der Waals surface area contributed by atoms with Gasteiger partial charge in [-0.1, -0.05) is 24.3 Å². The van der Waals surface area contributed by atoms with Gasteiger partial charge in [-0.25, -0.2) is 0 Å². The minimum atomic E-state index is 0.284. The zero-order valence-corrected chi connectivity index (χ0v) is 15.0. The summed E-state index contributed by atoms with van der Waals surface area (Å²) in [7, 11) is 1.63. The molecular weight excluding hydrogens is 328 g/mol. The molecule has 3 rings (SSSR count). The lowest BCUT2D eigenvalue weighted by molar-refractivity contribution is 0.238. The van der Waals surface area contributed by atoms with Gasteiger partial charge in [0.1, 0.15) is 12.4 Å². The molecule has 0 amide bonds. The van der Waals surface area contributed by atoms with Crippen LogP contribution in [-0.2, 0) is 13.0 Å². The second kappa shape index (κ2) is 9.12. The van der Waals surface area contributed by atoms with Crippen LogP contribution in [0.2, 0.25) is 0 Å². The Morgan fingerprint density at radius 2 is 2.12 bits per heavy atom. The number of para-hydroxylation sites is 1. The van der Waals surface area contributed by atoms with E-state index in [4.69, 9.17) is 19.5 Å². The van der Waals surface area contributed by atoms with Crippen molar-refractivity contribution in [1.29, 1.82) is 5.26 Å². The molecule has 0 saturated carbocycles. The molecule has 5 nitrogen and oxygen atoms in total. The first-order chi connectivity index (χ1) is 12.8. The highest BCUT2D eigenvalue weighted by atomic mass is 16.5. The highest BCUT2D eigenvalue weighted by Crippen LogP contribution is 2.29. The van der Waals surface area contributed by atoms with Crippen LogP contribution in [0.25, 0.3) is 0 Å². The third-order valence-electron chi connectivity index (χ3n) is 4.39. The van der Waals surface area contributed by atoms with Crippen LogP contribution in [-0.4, -0.2) is 26.4 Å². The third kappa shape index (κ3) is 4.68. The van der Waals surface area contributed by atoms with E-state index in [0.29, 0.717) is 31.8 Å². The number of unbranched alkanes of at least 4 members (excludes halogenated alkanes) is 1. The fourth-order valence-corrected chi connectivity index (χ4v) is 3.00. The van der Waals surface area contributed by atoms with Gasteiger partial charge in [-0.2, -0.15) is 5.26 Å². The molecule has 0 saturated heterocycles. The maximum Gasteiger partial charge on any atom is 0.161 e. The predicted octanol–water partition coefficient (Wildman–Crippen LogP) is 3.47. The molecule has 0 radical (unpaired) electrons. The van der Waals surface area contributed by atoms with Crippen LogP contribution in [0.15, 0.2) is 42.5 Å². The van der Waals surface area contributed by atoms with Crippen LogP contribution in [0.5, 0.6) is 17.2 Å². The number of nitriles is 1. The maximum atomic E-state index is 8.61. The van der Waals surface area contributed by atoms with Crippen LogP contribution in [0.1, 0.15) is 24.0 Å². The number of methoxy groups -OCH3 is 1. The largest absolute Gasteiger partial charge is 0.493 e. The summed E-state index contributed by atoms with van der Waals surface area (Å²) in [6, 6.07) is 16.5. The number of rotatable bonds is 8. The predicted molar refractivity (Wildman–Crippen MR) is 99.6 cm³/mol.